The number of hydrogen-bond donors (Lipinski definition) is 0. The molecular weight excluding hydrogens is 136 g/mol. The molecule has 0 aromatic carbocycles. The number of carbonyl (C=O) groups is 1. The first kappa shape index (κ1) is 8.33. The molecule has 0 unspecified atom stereocenters. The van der Waals surface area contributed by atoms with Crippen molar-refractivity contribution < 1.29 is 18.8 Å². The predicted octanol–water partition coefficient (Wildman–Crippen LogP) is 0.509. The SMILES string of the molecule is O=C=O.O=Cc1ccco1. The number of rotatable bonds is 1. The molecule has 0 aliphatic carbocycles. The molecule has 52 valence electrons. The number of aldehydes is 1. The van der Waals surface area contributed by atoms with Gasteiger partial charge in [-0.2, -0.15) is 9.59 Å². The molecule has 0 amide bonds. The highest BCUT2D eigenvalue weighted by atomic mass is 16.3. The quantitative estimate of drug-likeness (QED) is 0.533. The van der Waals surface area contributed by atoms with Crippen molar-refractivity contribution in [1.82, 2.24) is 0 Å². The first-order valence-electron chi connectivity index (χ1n) is 2.33. The van der Waals surface area contributed by atoms with E-state index in [2.05, 4.69) is 4.42 Å². The molecule has 0 bridgehead atoms. The minimum absolute atomic E-state index is 0.250. The smallest absolute Gasteiger partial charge is 0.373 e. The first-order chi connectivity index (χ1) is 4.85. The average Bonchev–Trinajstić information content (AvgIpc) is 2.39. The molecule has 4 nitrogen and oxygen atoms in total. The number of carbonyl (C=O) groups excluding carboxylic acids is 3. The summed E-state index contributed by atoms with van der Waals surface area (Å²) in [6.45, 7) is 0. The Morgan fingerprint density at radius 2 is 2.10 bits per heavy atom. The normalized spacial score (nSPS) is 6.80. The zero-order valence-corrected chi connectivity index (χ0v) is 4.94. The van der Waals surface area contributed by atoms with Crippen molar-refractivity contribution >= 4 is 12.4 Å². The Bertz CT molecular complexity index is 206. The van der Waals surface area contributed by atoms with Gasteiger partial charge in [-0.1, -0.05) is 0 Å². The van der Waals surface area contributed by atoms with Gasteiger partial charge in [0.2, 0.25) is 0 Å². The highest BCUT2D eigenvalue weighted by Crippen LogP contribution is 1.92. The number of furan rings is 1. The third-order valence-electron chi connectivity index (χ3n) is 0.659. The van der Waals surface area contributed by atoms with E-state index in [0.717, 1.165) is 0 Å². The molecule has 10 heavy (non-hydrogen) atoms. The van der Waals surface area contributed by atoms with Crippen molar-refractivity contribution in [2.45, 2.75) is 0 Å². The van der Waals surface area contributed by atoms with Gasteiger partial charge in [-0.25, -0.2) is 0 Å². The molecule has 0 atom stereocenters. The molecule has 0 saturated heterocycles. The second-order valence-electron chi connectivity index (χ2n) is 1.22. The van der Waals surface area contributed by atoms with Crippen LogP contribution in [0.1, 0.15) is 10.6 Å². The van der Waals surface area contributed by atoms with Crippen LogP contribution in [0.4, 0.5) is 0 Å². The predicted molar refractivity (Wildman–Crippen MR) is 29.1 cm³/mol. The molecule has 4 heteroatoms. The van der Waals surface area contributed by atoms with Crippen molar-refractivity contribution in [3.63, 3.8) is 0 Å². The van der Waals surface area contributed by atoms with E-state index >= 15 is 0 Å². The molecule has 0 radical (unpaired) electrons. The fraction of sp³-hybridized carbons (Fsp3) is 0. The molecule has 0 saturated carbocycles. The van der Waals surface area contributed by atoms with Gasteiger partial charge in [-0.3, -0.25) is 4.79 Å². The van der Waals surface area contributed by atoms with Crippen molar-refractivity contribution in [2.24, 2.45) is 0 Å². The Labute approximate surface area is 56.4 Å². The van der Waals surface area contributed by atoms with Gasteiger partial charge in [0.25, 0.3) is 0 Å². The third-order valence-corrected chi connectivity index (χ3v) is 0.659. The zero-order valence-electron chi connectivity index (χ0n) is 4.94. The highest BCUT2D eigenvalue weighted by Gasteiger charge is 1.84. The average molecular weight is 140 g/mol. The van der Waals surface area contributed by atoms with Gasteiger partial charge in [0, 0.05) is 0 Å². The molecule has 0 aliphatic rings. The Morgan fingerprint density at radius 1 is 1.50 bits per heavy atom. The lowest BCUT2D eigenvalue weighted by atomic mass is 10.5. The van der Waals surface area contributed by atoms with Crippen molar-refractivity contribution in [3.05, 3.63) is 24.2 Å². The molecule has 1 rings (SSSR count). The van der Waals surface area contributed by atoms with Gasteiger partial charge in [-0.05, 0) is 12.1 Å². The lowest BCUT2D eigenvalue weighted by Crippen LogP contribution is -1.65. The summed E-state index contributed by atoms with van der Waals surface area (Å²) in [6.07, 6.45) is 2.38. The van der Waals surface area contributed by atoms with Crippen LogP contribution in [0.25, 0.3) is 0 Å². The summed E-state index contributed by atoms with van der Waals surface area (Å²) in [6, 6.07) is 3.27. The largest absolute Gasteiger partial charge is 0.462 e. The Morgan fingerprint density at radius 3 is 2.30 bits per heavy atom. The Kier molecular flexibility index (Phi) is 4.55. The molecule has 1 aromatic rings. The van der Waals surface area contributed by atoms with E-state index in [4.69, 9.17) is 9.59 Å². The minimum Gasteiger partial charge on any atom is -0.462 e. The van der Waals surface area contributed by atoms with E-state index in [1.165, 1.54) is 6.26 Å². The highest BCUT2D eigenvalue weighted by molar-refractivity contribution is 5.69. The third kappa shape index (κ3) is 3.35. The second-order valence-corrected chi connectivity index (χ2v) is 1.22. The van der Waals surface area contributed by atoms with Crippen LogP contribution in [0.15, 0.2) is 22.8 Å². The maximum Gasteiger partial charge on any atom is 0.373 e. The molecule has 1 heterocycles. The Hall–Kier alpha value is -1.67. The molecule has 0 N–H and O–H groups in total. The minimum atomic E-state index is 0.250. The lowest BCUT2D eigenvalue weighted by molar-refractivity contribution is -0.191. The van der Waals surface area contributed by atoms with Crippen LogP contribution in [-0.2, 0) is 9.59 Å². The topological polar surface area (TPSA) is 64.3 Å². The van der Waals surface area contributed by atoms with Crippen molar-refractivity contribution in [3.8, 4) is 0 Å². The molecule has 1 aromatic heterocycles. The monoisotopic (exact) mass is 140 g/mol. The van der Waals surface area contributed by atoms with E-state index in [1.807, 2.05) is 0 Å². The van der Waals surface area contributed by atoms with E-state index in [0.29, 0.717) is 12.0 Å². The molecule has 0 spiro atoms. The van der Waals surface area contributed by atoms with E-state index in [1.54, 1.807) is 12.1 Å². The van der Waals surface area contributed by atoms with Crippen molar-refractivity contribution in [2.75, 3.05) is 0 Å². The van der Waals surface area contributed by atoms with Crippen molar-refractivity contribution in [1.29, 1.82) is 0 Å². The van der Waals surface area contributed by atoms with Gasteiger partial charge < -0.3 is 4.42 Å². The fourth-order valence-corrected chi connectivity index (χ4v) is 0.358. The Balaban J connectivity index is 0.000000236. The van der Waals surface area contributed by atoms with Crippen LogP contribution < -0.4 is 0 Å². The molecule has 0 fully saturated rings. The van der Waals surface area contributed by atoms with Crippen LogP contribution in [-0.4, -0.2) is 12.4 Å². The summed E-state index contributed by atoms with van der Waals surface area (Å²) >= 11 is 0. The summed E-state index contributed by atoms with van der Waals surface area (Å²) < 4.78 is 4.61. The summed E-state index contributed by atoms with van der Waals surface area (Å²) in [5.74, 6) is 0.375. The van der Waals surface area contributed by atoms with Crippen LogP contribution in [0.3, 0.4) is 0 Å². The number of hydrogen-bond acceptors (Lipinski definition) is 4. The molecular formula is C6H4O4. The summed E-state index contributed by atoms with van der Waals surface area (Å²) in [5.41, 5.74) is 0. The standard InChI is InChI=1S/C5H4O2.CO2/c6-4-5-2-1-3-7-5;2-1-3/h1-4H;. The van der Waals surface area contributed by atoms with Gasteiger partial charge in [0.15, 0.2) is 12.0 Å². The van der Waals surface area contributed by atoms with Crippen LogP contribution in [0.2, 0.25) is 0 Å². The summed E-state index contributed by atoms with van der Waals surface area (Å²) in [5, 5.41) is 0. The maximum absolute atomic E-state index is 9.77. The van der Waals surface area contributed by atoms with E-state index in [-0.39, 0.29) is 6.15 Å². The first-order valence-corrected chi connectivity index (χ1v) is 2.33. The van der Waals surface area contributed by atoms with Gasteiger partial charge in [-0.15, -0.1) is 0 Å². The summed E-state index contributed by atoms with van der Waals surface area (Å²) in [7, 11) is 0. The maximum atomic E-state index is 9.77. The van der Waals surface area contributed by atoms with Gasteiger partial charge in [0.05, 0.1) is 6.26 Å². The molecule has 0 aliphatic heterocycles. The van der Waals surface area contributed by atoms with E-state index in [9.17, 15) is 4.79 Å². The van der Waals surface area contributed by atoms with Crippen LogP contribution in [0, 0.1) is 0 Å². The zero-order chi connectivity index (χ0) is 7.82. The summed E-state index contributed by atoms with van der Waals surface area (Å²) in [4.78, 5) is 26.0. The lowest BCUT2D eigenvalue weighted by Gasteiger charge is -1.68. The van der Waals surface area contributed by atoms with Crippen LogP contribution >= 0.6 is 0 Å². The fourth-order valence-electron chi connectivity index (χ4n) is 0.358. The van der Waals surface area contributed by atoms with Crippen LogP contribution in [0.5, 0.6) is 0 Å². The van der Waals surface area contributed by atoms with E-state index < -0.39 is 0 Å². The van der Waals surface area contributed by atoms with Gasteiger partial charge >= 0.3 is 6.15 Å². The second kappa shape index (κ2) is 5.47. The van der Waals surface area contributed by atoms with Gasteiger partial charge in [0.1, 0.15) is 0 Å².